The lowest BCUT2D eigenvalue weighted by atomic mass is 10.2. The zero-order chi connectivity index (χ0) is 12.3. The monoisotopic (exact) mass is 278 g/mol. The second-order valence-electron chi connectivity index (χ2n) is 5.04. The number of hydrogen-bond donors (Lipinski definition) is 2. The highest BCUT2D eigenvalue weighted by Gasteiger charge is 2.28. The average Bonchev–Trinajstić information content (AvgIpc) is 3.10. The minimum atomic E-state index is -3.15. The lowest BCUT2D eigenvalue weighted by molar-refractivity contribution is 0.515. The number of sulfonamides is 1. The molecule has 0 aromatic rings. The van der Waals surface area contributed by atoms with Crippen LogP contribution in [0.5, 0.6) is 0 Å². The topological polar surface area (TPSA) is 58.2 Å². The fraction of sp³-hybridized carbons (Fsp3) is 1.00. The van der Waals surface area contributed by atoms with E-state index in [0.29, 0.717) is 12.6 Å². The summed E-state index contributed by atoms with van der Waals surface area (Å²) in [5, 5.41) is 2.94. The Labute approximate surface area is 108 Å². The zero-order valence-electron chi connectivity index (χ0n) is 10.3. The van der Waals surface area contributed by atoms with Gasteiger partial charge in [-0.15, -0.1) is 0 Å². The van der Waals surface area contributed by atoms with Crippen LogP contribution >= 0.6 is 11.8 Å². The van der Waals surface area contributed by atoms with Gasteiger partial charge in [0.25, 0.3) is 0 Å². The van der Waals surface area contributed by atoms with E-state index >= 15 is 0 Å². The minimum absolute atomic E-state index is 0.157. The van der Waals surface area contributed by atoms with E-state index in [1.165, 1.54) is 12.8 Å². The predicted molar refractivity (Wildman–Crippen MR) is 72.9 cm³/mol. The molecule has 100 valence electrons. The van der Waals surface area contributed by atoms with Gasteiger partial charge in [-0.05, 0) is 44.1 Å². The molecule has 2 fully saturated rings. The van der Waals surface area contributed by atoms with Crippen LogP contribution < -0.4 is 10.0 Å². The van der Waals surface area contributed by atoms with Crippen molar-refractivity contribution in [2.75, 3.05) is 18.1 Å². The van der Waals surface area contributed by atoms with Crippen LogP contribution in [0.1, 0.15) is 32.6 Å². The maximum Gasteiger partial charge on any atom is 0.215 e. The average molecular weight is 278 g/mol. The quantitative estimate of drug-likeness (QED) is 0.759. The molecule has 2 N–H and O–H groups in total. The van der Waals surface area contributed by atoms with Crippen molar-refractivity contribution >= 4 is 21.8 Å². The van der Waals surface area contributed by atoms with Crippen molar-refractivity contribution in [3.05, 3.63) is 0 Å². The summed E-state index contributed by atoms with van der Waals surface area (Å²) in [5.41, 5.74) is 0. The molecule has 1 aliphatic heterocycles. The van der Waals surface area contributed by atoms with Gasteiger partial charge in [-0.2, -0.15) is 11.8 Å². The Morgan fingerprint density at radius 1 is 1.18 bits per heavy atom. The second kappa shape index (κ2) is 5.91. The van der Waals surface area contributed by atoms with Gasteiger partial charge in [0.15, 0.2) is 0 Å². The largest absolute Gasteiger partial charge is 0.313 e. The first-order valence-electron chi connectivity index (χ1n) is 6.40. The molecule has 1 aliphatic carbocycles. The van der Waals surface area contributed by atoms with Crippen molar-refractivity contribution in [2.24, 2.45) is 0 Å². The highest BCUT2D eigenvalue weighted by molar-refractivity contribution is 7.99. The minimum Gasteiger partial charge on any atom is -0.313 e. The SMILES string of the molecule is CC(CNC1CC1)S(=O)(=O)NC1CCSCC1. The molecule has 2 aliphatic rings. The summed E-state index contributed by atoms with van der Waals surface area (Å²) in [4.78, 5) is 0. The van der Waals surface area contributed by atoms with Gasteiger partial charge in [0.2, 0.25) is 10.0 Å². The van der Waals surface area contributed by atoms with Crippen molar-refractivity contribution in [3.8, 4) is 0 Å². The molecular weight excluding hydrogens is 256 g/mol. The van der Waals surface area contributed by atoms with Crippen molar-refractivity contribution in [1.82, 2.24) is 10.0 Å². The van der Waals surface area contributed by atoms with Gasteiger partial charge in [0.05, 0.1) is 5.25 Å². The van der Waals surface area contributed by atoms with E-state index in [4.69, 9.17) is 0 Å². The van der Waals surface area contributed by atoms with Gasteiger partial charge >= 0.3 is 0 Å². The van der Waals surface area contributed by atoms with Crippen molar-refractivity contribution in [3.63, 3.8) is 0 Å². The first-order valence-corrected chi connectivity index (χ1v) is 9.10. The third kappa shape index (κ3) is 4.43. The first-order chi connectivity index (χ1) is 8.08. The van der Waals surface area contributed by atoms with Crippen LogP contribution in [0.25, 0.3) is 0 Å². The Morgan fingerprint density at radius 2 is 1.82 bits per heavy atom. The standard InChI is InChI=1S/C11H22N2O2S2/c1-9(8-12-10-2-3-10)17(14,15)13-11-4-6-16-7-5-11/h9-13H,2-8H2,1H3. The summed E-state index contributed by atoms with van der Waals surface area (Å²) in [5.74, 6) is 2.14. The van der Waals surface area contributed by atoms with E-state index in [2.05, 4.69) is 10.0 Å². The second-order valence-corrected chi connectivity index (χ2v) is 8.40. The van der Waals surface area contributed by atoms with Crippen LogP contribution in [0.4, 0.5) is 0 Å². The molecule has 0 amide bonds. The fourth-order valence-electron chi connectivity index (χ4n) is 1.89. The normalized spacial score (nSPS) is 24.8. The first kappa shape index (κ1) is 13.6. The lowest BCUT2D eigenvalue weighted by Crippen LogP contribution is -2.45. The smallest absolute Gasteiger partial charge is 0.215 e. The number of rotatable bonds is 6. The lowest BCUT2D eigenvalue weighted by Gasteiger charge is -2.24. The highest BCUT2D eigenvalue weighted by Crippen LogP contribution is 2.20. The number of nitrogens with one attached hydrogen (secondary N) is 2. The van der Waals surface area contributed by atoms with E-state index in [1.54, 1.807) is 6.92 Å². The van der Waals surface area contributed by atoms with E-state index < -0.39 is 10.0 Å². The van der Waals surface area contributed by atoms with E-state index in [9.17, 15) is 8.42 Å². The number of hydrogen-bond acceptors (Lipinski definition) is 4. The summed E-state index contributed by atoms with van der Waals surface area (Å²) in [6.45, 7) is 2.36. The zero-order valence-corrected chi connectivity index (χ0v) is 11.9. The Bertz CT molecular complexity index is 335. The molecule has 0 bridgehead atoms. The molecule has 1 atom stereocenters. The van der Waals surface area contributed by atoms with Crippen LogP contribution in [-0.2, 0) is 10.0 Å². The van der Waals surface area contributed by atoms with Gasteiger partial charge in [-0.25, -0.2) is 13.1 Å². The predicted octanol–water partition coefficient (Wildman–Crippen LogP) is 0.942. The van der Waals surface area contributed by atoms with Gasteiger partial charge in [0.1, 0.15) is 0 Å². The van der Waals surface area contributed by atoms with Crippen LogP contribution in [0.15, 0.2) is 0 Å². The molecule has 1 saturated heterocycles. The molecule has 1 unspecified atom stereocenters. The molecule has 0 radical (unpaired) electrons. The Balaban J connectivity index is 1.78. The van der Waals surface area contributed by atoms with Crippen LogP contribution in [0.2, 0.25) is 0 Å². The Kier molecular flexibility index (Phi) is 4.74. The molecule has 4 nitrogen and oxygen atoms in total. The van der Waals surface area contributed by atoms with Crippen LogP contribution in [0, 0.1) is 0 Å². The Morgan fingerprint density at radius 3 is 2.41 bits per heavy atom. The molecule has 1 saturated carbocycles. The summed E-state index contributed by atoms with van der Waals surface area (Å²) >= 11 is 1.91. The fourth-order valence-corrected chi connectivity index (χ4v) is 4.25. The third-order valence-corrected chi connectivity index (χ3v) is 6.29. The van der Waals surface area contributed by atoms with Gasteiger partial charge in [-0.1, -0.05) is 0 Å². The van der Waals surface area contributed by atoms with Crippen LogP contribution in [-0.4, -0.2) is 43.8 Å². The summed E-state index contributed by atoms with van der Waals surface area (Å²) in [7, 11) is -3.15. The van der Waals surface area contributed by atoms with Crippen molar-refractivity contribution in [2.45, 2.75) is 49.9 Å². The highest BCUT2D eigenvalue weighted by atomic mass is 32.2. The van der Waals surface area contributed by atoms with E-state index in [-0.39, 0.29) is 11.3 Å². The van der Waals surface area contributed by atoms with E-state index in [0.717, 1.165) is 24.3 Å². The van der Waals surface area contributed by atoms with Crippen molar-refractivity contribution < 1.29 is 8.42 Å². The van der Waals surface area contributed by atoms with Crippen LogP contribution in [0.3, 0.4) is 0 Å². The molecule has 6 heteroatoms. The molecule has 17 heavy (non-hydrogen) atoms. The molecule has 1 heterocycles. The van der Waals surface area contributed by atoms with Gasteiger partial charge in [0, 0.05) is 18.6 Å². The van der Waals surface area contributed by atoms with E-state index in [1.807, 2.05) is 11.8 Å². The molecule has 0 aromatic heterocycles. The third-order valence-electron chi connectivity index (χ3n) is 3.35. The van der Waals surface area contributed by atoms with Gasteiger partial charge < -0.3 is 5.32 Å². The summed E-state index contributed by atoms with van der Waals surface area (Å²) in [6, 6.07) is 0.725. The Hall–Kier alpha value is 0.220. The molecular formula is C11H22N2O2S2. The molecule has 0 spiro atoms. The molecule has 0 aromatic carbocycles. The van der Waals surface area contributed by atoms with Crippen molar-refractivity contribution in [1.29, 1.82) is 0 Å². The summed E-state index contributed by atoms with van der Waals surface area (Å²) in [6.07, 6.45) is 4.32. The maximum absolute atomic E-state index is 12.1. The van der Waals surface area contributed by atoms with Gasteiger partial charge in [-0.3, -0.25) is 0 Å². The number of thioether (sulfide) groups is 1. The molecule has 2 rings (SSSR count). The summed E-state index contributed by atoms with van der Waals surface area (Å²) < 4.78 is 27.0. The maximum atomic E-state index is 12.1.